The Morgan fingerprint density at radius 2 is 2.00 bits per heavy atom. The third kappa shape index (κ3) is 2.19. The van der Waals surface area contributed by atoms with Crippen molar-refractivity contribution in [3.63, 3.8) is 0 Å². The molecule has 25 heavy (non-hydrogen) atoms. The van der Waals surface area contributed by atoms with Crippen LogP contribution >= 0.6 is 0 Å². The molecule has 1 spiro atoms. The highest BCUT2D eigenvalue weighted by atomic mass is 19.3. The van der Waals surface area contributed by atoms with Gasteiger partial charge in [0.1, 0.15) is 5.75 Å². The maximum atomic E-state index is 13.0. The minimum atomic E-state index is -2.92. The van der Waals surface area contributed by atoms with Gasteiger partial charge in [0.25, 0.3) is 5.91 Å². The second-order valence-electron chi connectivity index (χ2n) is 6.12. The van der Waals surface area contributed by atoms with Crippen molar-refractivity contribution in [1.29, 1.82) is 0 Å². The number of carbonyl (C=O) groups is 1. The molecule has 0 aromatic heterocycles. The first-order valence-corrected chi connectivity index (χ1v) is 7.73. The zero-order valence-corrected chi connectivity index (χ0v) is 13.4. The summed E-state index contributed by atoms with van der Waals surface area (Å²) in [5.74, 6) is -0.0695. The summed E-state index contributed by atoms with van der Waals surface area (Å²) in [4.78, 5) is 18.8. The molecule has 4 rings (SSSR count). The van der Waals surface area contributed by atoms with Crippen molar-refractivity contribution in [3.8, 4) is 5.75 Å². The summed E-state index contributed by atoms with van der Waals surface area (Å²) in [6.07, 6.45) is 0.420. The molecule has 0 saturated heterocycles. The number of fused-ring (bicyclic) bond motifs is 6. The summed E-state index contributed by atoms with van der Waals surface area (Å²) in [7, 11) is 1.56. The molecule has 1 unspecified atom stereocenters. The molecule has 2 N–H and O–H groups in total. The number of hydrogen-bond donors (Lipinski definition) is 1. The molecule has 4 bridgehead atoms. The number of guanidine groups is 1. The highest BCUT2D eigenvalue weighted by molar-refractivity contribution is 6.09. The van der Waals surface area contributed by atoms with Gasteiger partial charge in [-0.15, -0.1) is 0 Å². The molecule has 1 aliphatic carbocycles. The van der Waals surface area contributed by atoms with Crippen LogP contribution in [0.2, 0.25) is 0 Å². The molecule has 1 amide bonds. The highest BCUT2D eigenvalue weighted by Crippen LogP contribution is 2.42. The van der Waals surface area contributed by atoms with Crippen LogP contribution in [0.3, 0.4) is 0 Å². The van der Waals surface area contributed by atoms with Crippen LogP contribution in [0.1, 0.15) is 22.3 Å². The first-order chi connectivity index (χ1) is 11.9. The molecule has 0 radical (unpaired) electrons. The van der Waals surface area contributed by atoms with Gasteiger partial charge in [-0.2, -0.15) is 8.78 Å². The molecule has 7 heteroatoms. The predicted octanol–water partition coefficient (Wildman–Crippen LogP) is 2.22. The van der Waals surface area contributed by atoms with E-state index in [1.807, 2.05) is 24.3 Å². The van der Waals surface area contributed by atoms with Crippen LogP contribution in [0.15, 0.2) is 47.5 Å². The number of likely N-dealkylation sites (N-methyl/N-ethyl adjacent to an activating group) is 1. The van der Waals surface area contributed by atoms with Crippen molar-refractivity contribution in [2.75, 3.05) is 7.05 Å². The van der Waals surface area contributed by atoms with E-state index in [9.17, 15) is 13.6 Å². The molecule has 128 valence electrons. The average Bonchev–Trinajstić information content (AvgIpc) is 2.81. The predicted molar refractivity (Wildman–Crippen MR) is 87.5 cm³/mol. The number of alkyl halides is 2. The lowest BCUT2D eigenvalue weighted by Crippen LogP contribution is -2.41. The fourth-order valence-electron chi connectivity index (χ4n) is 3.46. The number of carbonyl (C=O) groups excluding carboxylic acids is 1. The van der Waals surface area contributed by atoms with E-state index in [0.29, 0.717) is 23.1 Å². The van der Waals surface area contributed by atoms with E-state index in [4.69, 9.17) is 5.73 Å². The van der Waals surface area contributed by atoms with Crippen LogP contribution < -0.4 is 10.5 Å². The Bertz CT molecular complexity index is 913. The van der Waals surface area contributed by atoms with Gasteiger partial charge >= 0.3 is 6.61 Å². The Hall–Kier alpha value is -2.96. The molecule has 1 atom stereocenters. The molecule has 1 aliphatic heterocycles. The monoisotopic (exact) mass is 343 g/mol. The number of amides is 1. The van der Waals surface area contributed by atoms with Crippen LogP contribution in [0, 0.1) is 0 Å². The Balaban J connectivity index is 1.98. The standard InChI is InChI=1S/C18H15F2N3O2/c1-23-15(24)18(22-17(23)21)12-4-2-3-10(8-12)7-11-9-13(18)5-6-14(11)25-16(19)20/h2-6,8-9,16H,7H2,1H3,(H2,21,22). The van der Waals surface area contributed by atoms with Gasteiger partial charge in [-0.25, -0.2) is 4.99 Å². The number of rotatable bonds is 2. The number of nitrogens with zero attached hydrogens (tertiary/aromatic N) is 2. The zero-order chi connectivity index (χ0) is 17.8. The van der Waals surface area contributed by atoms with Crippen molar-refractivity contribution in [3.05, 3.63) is 64.7 Å². The third-order valence-electron chi connectivity index (χ3n) is 4.67. The van der Waals surface area contributed by atoms with Gasteiger partial charge in [0, 0.05) is 13.5 Å². The van der Waals surface area contributed by atoms with E-state index in [-0.39, 0.29) is 17.6 Å². The molecular formula is C18H15F2N3O2. The van der Waals surface area contributed by atoms with Crippen LogP contribution in [0.25, 0.3) is 0 Å². The van der Waals surface area contributed by atoms with Crippen LogP contribution in [-0.2, 0) is 16.8 Å². The quantitative estimate of drug-likeness (QED) is 0.909. The summed E-state index contributed by atoms with van der Waals surface area (Å²) < 4.78 is 30.0. The third-order valence-corrected chi connectivity index (χ3v) is 4.67. The molecule has 1 heterocycles. The first-order valence-electron chi connectivity index (χ1n) is 7.73. The maximum Gasteiger partial charge on any atom is 0.387 e. The topological polar surface area (TPSA) is 67.9 Å². The Kier molecular flexibility index (Phi) is 3.28. The fourth-order valence-corrected chi connectivity index (χ4v) is 3.46. The average molecular weight is 343 g/mol. The number of halogens is 2. The number of nitrogens with two attached hydrogens (primary N) is 1. The SMILES string of the molecule is CN1C(=O)C2(N=C1N)c1cccc(c1)Cc1cc2ccc1OC(F)F. The molecule has 2 aromatic carbocycles. The fraction of sp³-hybridized carbons (Fsp3) is 0.222. The second-order valence-corrected chi connectivity index (χ2v) is 6.12. The van der Waals surface area contributed by atoms with Crippen LogP contribution in [0.4, 0.5) is 8.78 Å². The largest absolute Gasteiger partial charge is 0.435 e. The minimum absolute atomic E-state index is 0.0944. The Labute approximate surface area is 142 Å². The normalized spacial score (nSPS) is 21.4. The summed E-state index contributed by atoms with van der Waals surface area (Å²) in [5, 5.41) is 0. The van der Waals surface area contributed by atoms with Gasteiger partial charge in [0.05, 0.1) is 0 Å². The van der Waals surface area contributed by atoms with Crippen molar-refractivity contribution in [2.45, 2.75) is 18.6 Å². The molecule has 0 fully saturated rings. The summed E-state index contributed by atoms with van der Waals surface area (Å²) >= 11 is 0. The highest BCUT2D eigenvalue weighted by Gasteiger charge is 2.50. The zero-order valence-electron chi connectivity index (χ0n) is 13.4. The van der Waals surface area contributed by atoms with E-state index in [1.54, 1.807) is 19.2 Å². The van der Waals surface area contributed by atoms with Crippen LogP contribution in [0.5, 0.6) is 5.75 Å². The molecule has 0 saturated carbocycles. The molecule has 2 aromatic rings. The number of aliphatic imine (C=N–C) groups is 1. The van der Waals surface area contributed by atoms with E-state index < -0.39 is 12.2 Å². The molecule has 5 nitrogen and oxygen atoms in total. The Morgan fingerprint density at radius 1 is 1.24 bits per heavy atom. The lowest BCUT2D eigenvalue weighted by atomic mass is 9.79. The van der Waals surface area contributed by atoms with Gasteiger partial charge in [-0.05, 0) is 34.4 Å². The van der Waals surface area contributed by atoms with E-state index in [0.717, 1.165) is 5.56 Å². The van der Waals surface area contributed by atoms with Gasteiger partial charge in [0.2, 0.25) is 0 Å². The number of ether oxygens (including phenoxy) is 1. The molecule has 2 aliphatic rings. The molecular weight excluding hydrogens is 328 g/mol. The van der Waals surface area contributed by atoms with Crippen molar-refractivity contribution < 1.29 is 18.3 Å². The number of hydrogen-bond acceptors (Lipinski definition) is 4. The van der Waals surface area contributed by atoms with Gasteiger partial charge in [-0.1, -0.05) is 30.3 Å². The van der Waals surface area contributed by atoms with Crippen LogP contribution in [-0.4, -0.2) is 30.4 Å². The van der Waals surface area contributed by atoms with Gasteiger partial charge in [-0.3, -0.25) is 9.69 Å². The summed E-state index contributed by atoms with van der Waals surface area (Å²) in [6.45, 7) is -2.92. The lowest BCUT2D eigenvalue weighted by Gasteiger charge is -2.29. The van der Waals surface area contributed by atoms with Gasteiger partial charge < -0.3 is 10.5 Å². The smallest absolute Gasteiger partial charge is 0.387 e. The Morgan fingerprint density at radius 3 is 2.68 bits per heavy atom. The van der Waals surface area contributed by atoms with Crippen molar-refractivity contribution in [2.24, 2.45) is 10.7 Å². The van der Waals surface area contributed by atoms with Gasteiger partial charge in [0.15, 0.2) is 11.5 Å². The van der Waals surface area contributed by atoms with E-state index in [2.05, 4.69) is 9.73 Å². The minimum Gasteiger partial charge on any atom is -0.435 e. The van der Waals surface area contributed by atoms with E-state index in [1.165, 1.54) is 11.0 Å². The van der Waals surface area contributed by atoms with E-state index >= 15 is 0 Å². The maximum absolute atomic E-state index is 13.0. The van der Waals surface area contributed by atoms with Crippen molar-refractivity contribution in [1.82, 2.24) is 4.90 Å². The van der Waals surface area contributed by atoms with Crippen molar-refractivity contribution >= 4 is 11.9 Å². The second kappa shape index (κ2) is 5.27. The summed E-state index contributed by atoms with van der Waals surface area (Å²) in [5.41, 5.74) is 7.34. The first kappa shape index (κ1) is 15.6. The lowest BCUT2D eigenvalue weighted by molar-refractivity contribution is -0.129. The number of benzene rings is 2. The summed E-state index contributed by atoms with van der Waals surface area (Å²) in [6, 6.07) is 12.1.